The van der Waals surface area contributed by atoms with Gasteiger partial charge in [-0.2, -0.15) is 5.26 Å². The number of piperazine rings is 1. The topological polar surface area (TPSA) is 90.5 Å². The molecule has 0 spiro atoms. The van der Waals surface area contributed by atoms with Crippen LogP contribution >= 0.6 is 0 Å². The number of hydrogen-bond acceptors (Lipinski definition) is 5. The van der Waals surface area contributed by atoms with Crippen molar-refractivity contribution < 1.29 is 14.1 Å². The van der Waals surface area contributed by atoms with E-state index in [2.05, 4.69) is 0 Å². The third kappa shape index (κ3) is 3.47. The number of carbonyl (C=O) groups is 1. The summed E-state index contributed by atoms with van der Waals surface area (Å²) in [5.74, 6) is -0.701. The lowest BCUT2D eigenvalue weighted by atomic mass is 10.1. The van der Waals surface area contributed by atoms with Crippen LogP contribution in [0.15, 0.2) is 42.5 Å². The Balaban J connectivity index is 1.72. The fraction of sp³-hybridized carbons (Fsp3) is 0.222. The third-order valence-corrected chi connectivity index (χ3v) is 4.29. The molecule has 1 fully saturated rings. The minimum absolute atomic E-state index is 0.134. The Morgan fingerprint density at radius 1 is 1.15 bits per heavy atom. The molecule has 0 bridgehead atoms. The van der Waals surface area contributed by atoms with Crippen LogP contribution in [0.2, 0.25) is 0 Å². The number of nitro benzene ring substituents is 1. The first-order chi connectivity index (χ1) is 12.5. The molecule has 7 nitrogen and oxygen atoms in total. The van der Waals surface area contributed by atoms with Crippen LogP contribution in [0.5, 0.6) is 0 Å². The van der Waals surface area contributed by atoms with E-state index in [1.165, 1.54) is 30.3 Å². The lowest BCUT2D eigenvalue weighted by Gasteiger charge is -2.36. The number of non-ortho nitro benzene ring substituents is 1. The molecule has 0 atom stereocenters. The van der Waals surface area contributed by atoms with Gasteiger partial charge in [-0.3, -0.25) is 14.9 Å². The molecule has 1 aliphatic rings. The molecule has 0 unspecified atom stereocenters. The van der Waals surface area contributed by atoms with Gasteiger partial charge in [-0.1, -0.05) is 6.07 Å². The second-order valence-corrected chi connectivity index (χ2v) is 5.86. The van der Waals surface area contributed by atoms with E-state index in [1.54, 1.807) is 17.0 Å². The molecular weight excluding hydrogens is 339 g/mol. The van der Waals surface area contributed by atoms with Gasteiger partial charge in [0.1, 0.15) is 11.9 Å². The zero-order chi connectivity index (χ0) is 18.7. The Bertz CT molecular complexity index is 902. The van der Waals surface area contributed by atoms with Crippen LogP contribution in [0.3, 0.4) is 0 Å². The summed E-state index contributed by atoms with van der Waals surface area (Å²) in [6.07, 6.45) is 0. The van der Waals surface area contributed by atoms with Crippen molar-refractivity contribution in [2.75, 3.05) is 31.1 Å². The average molecular weight is 354 g/mol. The highest BCUT2D eigenvalue weighted by Crippen LogP contribution is 2.26. The van der Waals surface area contributed by atoms with E-state index in [0.29, 0.717) is 37.4 Å². The van der Waals surface area contributed by atoms with E-state index in [9.17, 15) is 24.6 Å². The van der Waals surface area contributed by atoms with Gasteiger partial charge in [0.25, 0.3) is 11.6 Å². The number of carbonyl (C=O) groups excluding carboxylic acids is 1. The van der Waals surface area contributed by atoms with Gasteiger partial charge in [-0.05, 0) is 24.3 Å². The maximum Gasteiger partial charge on any atom is 0.270 e. The number of amides is 1. The molecule has 1 amide bonds. The normalized spacial score (nSPS) is 14.0. The maximum atomic E-state index is 13.3. The molecule has 0 radical (unpaired) electrons. The first-order valence-electron chi connectivity index (χ1n) is 7.98. The van der Waals surface area contributed by atoms with Crippen LogP contribution in [0.1, 0.15) is 15.9 Å². The smallest absolute Gasteiger partial charge is 0.270 e. The summed E-state index contributed by atoms with van der Waals surface area (Å²) in [6.45, 7) is 1.79. The molecule has 0 saturated carbocycles. The highest BCUT2D eigenvalue weighted by Gasteiger charge is 2.24. The van der Waals surface area contributed by atoms with Crippen molar-refractivity contribution in [2.24, 2.45) is 0 Å². The molecule has 2 aromatic rings. The minimum Gasteiger partial charge on any atom is -0.367 e. The van der Waals surface area contributed by atoms with Crippen molar-refractivity contribution in [1.82, 2.24) is 4.90 Å². The molecule has 1 heterocycles. The van der Waals surface area contributed by atoms with E-state index in [-0.39, 0.29) is 17.2 Å². The highest BCUT2D eigenvalue weighted by molar-refractivity contribution is 5.94. The second kappa shape index (κ2) is 7.19. The number of anilines is 1. The van der Waals surface area contributed by atoms with Crippen LogP contribution in [-0.2, 0) is 0 Å². The molecule has 26 heavy (non-hydrogen) atoms. The first kappa shape index (κ1) is 17.4. The van der Waals surface area contributed by atoms with Gasteiger partial charge in [0, 0.05) is 43.9 Å². The van der Waals surface area contributed by atoms with Crippen molar-refractivity contribution in [2.45, 2.75) is 0 Å². The van der Waals surface area contributed by atoms with E-state index in [4.69, 9.17) is 0 Å². The fourth-order valence-electron chi connectivity index (χ4n) is 2.96. The summed E-state index contributed by atoms with van der Waals surface area (Å²) in [7, 11) is 0. The van der Waals surface area contributed by atoms with Gasteiger partial charge >= 0.3 is 0 Å². The first-order valence-corrected chi connectivity index (χ1v) is 7.98. The summed E-state index contributed by atoms with van der Waals surface area (Å²) in [6, 6.07) is 11.7. The van der Waals surface area contributed by atoms with Crippen molar-refractivity contribution >= 4 is 17.3 Å². The minimum atomic E-state index is -0.541. The molecule has 0 N–H and O–H groups in total. The molecule has 0 aromatic heterocycles. The molecule has 1 saturated heterocycles. The third-order valence-electron chi connectivity index (χ3n) is 4.29. The zero-order valence-electron chi connectivity index (χ0n) is 13.8. The van der Waals surface area contributed by atoms with Crippen LogP contribution in [0.4, 0.5) is 15.8 Å². The number of nitro groups is 1. The quantitative estimate of drug-likeness (QED) is 0.624. The standard InChI is InChI=1S/C18H15FN4O3/c19-15-3-1-2-13(10-15)18(24)22-8-6-21(7-9-22)17-5-4-16(23(25)26)11-14(17)12-20/h1-5,10-11H,6-9H2. The summed E-state index contributed by atoms with van der Waals surface area (Å²) >= 11 is 0. The molecule has 0 aliphatic carbocycles. The predicted molar refractivity (Wildman–Crippen MR) is 92.3 cm³/mol. The van der Waals surface area contributed by atoms with E-state index in [0.717, 1.165) is 0 Å². The van der Waals surface area contributed by atoms with Crippen molar-refractivity contribution in [1.29, 1.82) is 5.26 Å². The number of nitrogens with zero attached hydrogens (tertiary/aromatic N) is 4. The van der Waals surface area contributed by atoms with Gasteiger partial charge < -0.3 is 9.80 Å². The maximum absolute atomic E-state index is 13.3. The number of halogens is 1. The van der Waals surface area contributed by atoms with Crippen LogP contribution in [0.25, 0.3) is 0 Å². The molecule has 8 heteroatoms. The Morgan fingerprint density at radius 2 is 1.88 bits per heavy atom. The second-order valence-electron chi connectivity index (χ2n) is 5.86. The molecule has 2 aromatic carbocycles. The van der Waals surface area contributed by atoms with Gasteiger partial charge in [-0.25, -0.2) is 4.39 Å². The summed E-state index contributed by atoms with van der Waals surface area (Å²) < 4.78 is 13.3. The van der Waals surface area contributed by atoms with Gasteiger partial charge in [-0.15, -0.1) is 0 Å². The Hall–Kier alpha value is -3.47. The number of rotatable bonds is 3. The summed E-state index contributed by atoms with van der Waals surface area (Å²) in [5.41, 5.74) is 0.997. The molecule has 1 aliphatic heterocycles. The van der Waals surface area contributed by atoms with Crippen LogP contribution in [0, 0.1) is 27.3 Å². The Morgan fingerprint density at radius 3 is 2.50 bits per heavy atom. The lowest BCUT2D eigenvalue weighted by Crippen LogP contribution is -2.49. The average Bonchev–Trinajstić information content (AvgIpc) is 2.67. The van der Waals surface area contributed by atoms with Crippen LogP contribution in [-0.4, -0.2) is 41.9 Å². The molecule has 132 valence electrons. The monoisotopic (exact) mass is 354 g/mol. The lowest BCUT2D eigenvalue weighted by molar-refractivity contribution is -0.384. The van der Waals surface area contributed by atoms with E-state index < -0.39 is 10.7 Å². The van der Waals surface area contributed by atoms with Crippen molar-refractivity contribution in [3.8, 4) is 6.07 Å². The Labute approximate surface area is 149 Å². The fourth-order valence-corrected chi connectivity index (χ4v) is 2.96. The summed E-state index contributed by atoms with van der Waals surface area (Å²) in [5, 5.41) is 20.1. The predicted octanol–water partition coefficient (Wildman–Crippen LogP) is 2.57. The molecular formula is C18H15FN4O3. The summed E-state index contributed by atoms with van der Waals surface area (Å²) in [4.78, 5) is 26.3. The number of benzene rings is 2. The Kier molecular flexibility index (Phi) is 4.80. The van der Waals surface area contributed by atoms with Crippen molar-refractivity contribution in [3.05, 3.63) is 69.5 Å². The number of nitriles is 1. The number of hydrogen-bond donors (Lipinski definition) is 0. The zero-order valence-corrected chi connectivity index (χ0v) is 13.8. The molecule has 3 rings (SSSR count). The van der Waals surface area contributed by atoms with Gasteiger partial charge in [0.2, 0.25) is 0 Å². The van der Waals surface area contributed by atoms with Gasteiger partial charge in [0.05, 0.1) is 16.2 Å². The SMILES string of the molecule is N#Cc1cc([N+](=O)[O-])ccc1N1CCN(C(=O)c2cccc(F)c2)CC1. The van der Waals surface area contributed by atoms with Crippen LogP contribution < -0.4 is 4.90 Å². The van der Waals surface area contributed by atoms with Gasteiger partial charge in [0.15, 0.2) is 0 Å². The van der Waals surface area contributed by atoms with E-state index in [1.807, 2.05) is 11.0 Å². The van der Waals surface area contributed by atoms with E-state index >= 15 is 0 Å². The largest absolute Gasteiger partial charge is 0.367 e. The highest BCUT2D eigenvalue weighted by atomic mass is 19.1. The van der Waals surface area contributed by atoms with Crippen molar-refractivity contribution in [3.63, 3.8) is 0 Å².